The van der Waals surface area contributed by atoms with E-state index in [2.05, 4.69) is 49.1 Å². The summed E-state index contributed by atoms with van der Waals surface area (Å²) in [6, 6.07) is 10.6. The third-order valence-electron chi connectivity index (χ3n) is 2.14. The van der Waals surface area contributed by atoms with Crippen molar-refractivity contribution in [3.05, 3.63) is 35.9 Å². The summed E-state index contributed by atoms with van der Waals surface area (Å²) in [7, 11) is 0. The smallest absolute Gasteiger partial charge is 0.0233 e. The topological polar surface area (TPSA) is 38.2 Å². The van der Waals surface area contributed by atoms with Crippen LogP contribution in [0.3, 0.4) is 0 Å². The number of benzene rings is 1. The molecule has 0 saturated heterocycles. The van der Waals surface area contributed by atoms with E-state index >= 15 is 0 Å². The maximum atomic E-state index is 2.41. The van der Waals surface area contributed by atoms with Crippen LogP contribution in [0.5, 0.6) is 0 Å². The van der Waals surface area contributed by atoms with Gasteiger partial charge in [-0.05, 0) is 18.7 Å². The summed E-state index contributed by atoms with van der Waals surface area (Å²) in [6.07, 6.45) is 0. The van der Waals surface area contributed by atoms with E-state index in [0.717, 1.165) is 19.6 Å². The van der Waals surface area contributed by atoms with Crippen molar-refractivity contribution in [2.75, 3.05) is 13.1 Å². The van der Waals surface area contributed by atoms with E-state index in [0.29, 0.717) is 0 Å². The van der Waals surface area contributed by atoms with Gasteiger partial charge in [-0.3, -0.25) is 4.90 Å². The van der Waals surface area contributed by atoms with Gasteiger partial charge in [-0.1, -0.05) is 44.2 Å². The molecular formula is C11H20N2. The molecule has 1 rings (SSSR count). The summed E-state index contributed by atoms with van der Waals surface area (Å²) in [5.74, 6) is 0. The van der Waals surface area contributed by atoms with Crippen molar-refractivity contribution in [2.45, 2.75) is 20.4 Å². The van der Waals surface area contributed by atoms with Crippen LogP contribution in [0.1, 0.15) is 19.4 Å². The molecular weight excluding hydrogens is 160 g/mol. The molecule has 13 heavy (non-hydrogen) atoms. The van der Waals surface area contributed by atoms with Crippen LogP contribution in [0, 0.1) is 0 Å². The monoisotopic (exact) mass is 180 g/mol. The number of hydrogen-bond donors (Lipinski definition) is 1. The van der Waals surface area contributed by atoms with Crippen molar-refractivity contribution in [2.24, 2.45) is 0 Å². The molecule has 0 saturated carbocycles. The summed E-state index contributed by atoms with van der Waals surface area (Å²) in [5, 5.41) is 0. The molecule has 0 heterocycles. The van der Waals surface area contributed by atoms with Gasteiger partial charge in [-0.25, -0.2) is 0 Å². The number of nitrogens with zero attached hydrogens (tertiary/aromatic N) is 1. The van der Waals surface area contributed by atoms with Crippen molar-refractivity contribution in [3.8, 4) is 0 Å². The fourth-order valence-corrected chi connectivity index (χ4v) is 1.29. The van der Waals surface area contributed by atoms with Gasteiger partial charge in [0.25, 0.3) is 0 Å². The molecule has 0 aromatic heterocycles. The average Bonchev–Trinajstić information content (AvgIpc) is 2.16. The van der Waals surface area contributed by atoms with Crippen LogP contribution in [0.15, 0.2) is 30.3 Å². The Morgan fingerprint density at radius 2 is 1.54 bits per heavy atom. The van der Waals surface area contributed by atoms with Gasteiger partial charge in [-0.2, -0.15) is 0 Å². The second kappa shape index (κ2) is 6.63. The molecule has 0 aliphatic rings. The molecule has 0 bridgehead atoms. The highest BCUT2D eigenvalue weighted by molar-refractivity contribution is 5.14. The first-order chi connectivity index (χ1) is 5.86. The minimum absolute atomic E-state index is 0. The molecule has 0 aliphatic carbocycles. The van der Waals surface area contributed by atoms with Crippen LogP contribution in [0.2, 0.25) is 0 Å². The molecule has 0 amide bonds. The normalized spacial score (nSPS) is 9.77. The summed E-state index contributed by atoms with van der Waals surface area (Å²) < 4.78 is 0. The Balaban J connectivity index is 0.00000144. The van der Waals surface area contributed by atoms with Gasteiger partial charge in [0, 0.05) is 6.54 Å². The summed E-state index contributed by atoms with van der Waals surface area (Å²) in [5.41, 5.74) is 1.40. The van der Waals surface area contributed by atoms with Gasteiger partial charge < -0.3 is 6.15 Å². The van der Waals surface area contributed by atoms with E-state index in [1.54, 1.807) is 0 Å². The molecule has 1 aromatic rings. The van der Waals surface area contributed by atoms with Gasteiger partial charge >= 0.3 is 0 Å². The Morgan fingerprint density at radius 1 is 1.00 bits per heavy atom. The third-order valence-corrected chi connectivity index (χ3v) is 2.14. The fraction of sp³-hybridized carbons (Fsp3) is 0.455. The molecule has 0 radical (unpaired) electrons. The molecule has 0 fully saturated rings. The lowest BCUT2D eigenvalue weighted by Crippen LogP contribution is -2.21. The van der Waals surface area contributed by atoms with E-state index in [-0.39, 0.29) is 6.15 Å². The maximum absolute atomic E-state index is 2.41. The zero-order valence-corrected chi connectivity index (χ0v) is 8.66. The molecule has 0 atom stereocenters. The molecule has 3 N–H and O–H groups in total. The Bertz CT molecular complexity index is 205. The first-order valence-electron chi connectivity index (χ1n) is 4.63. The van der Waals surface area contributed by atoms with E-state index < -0.39 is 0 Å². The maximum Gasteiger partial charge on any atom is 0.0233 e. The van der Waals surface area contributed by atoms with Crippen LogP contribution in [-0.4, -0.2) is 18.0 Å². The van der Waals surface area contributed by atoms with Gasteiger partial charge in [0.2, 0.25) is 0 Å². The highest BCUT2D eigenvalue weighted by Gasteiger charge is 1.98. The van der Waals surface area contributed by atoms with Crippen molar-refractivity contribution < 1.29 is 0 Å². The molecule has 0 unspecified atom stereocenters. The van der Waals surface area contributed by atoms with Crippen LogP contribution >= 0.6 is 0 Å². The van der Waals surface area contributed by atoms with Gasteiger partial charge in [0.15, 0.2) is 0 Å². The zero-order chi connectivity index (χ0) is 8.81. The van der Waals surface area contributed by atoms with Crippen LogP contribution in [0.25, 0.3) is 0 Å². The molecule has 1 aromatic carbocycles. The predicted octanol–water partition coefficient (Wildman–Crippen LogP) is 2.69. The van der Waals surface area contributed by atoms with E-state index in [4.69, 9.17) is 0 Å². The van der Waals surface area contributed by atoms with Crippen molar-refractivity contribution in [1.29, 1.82) is 0 Å². The van der Waals surface area contributed by atoms with Crippen LogP contribution in [-0.2, 0) is 6.54 Å². The zero-order valence-electron chi connectivity index (χ0n) is 8.66. The Kier molecular flexibility index (Phi) is 6.20. The van der Waals surface area contributed by atoms with E-state index in [1.807, 2.05) is 0 Å². The summed E-state index contributed by atoms with van der Waals surface area (Å²) in [4.78, 5) is 2.41. The minimum atomic E-state index is 0. The van der Waals surface area contributed by atoms with Gasteiger partial charge in [0.05, 0.1) is 0 Å². The third kappa shape index (κ3) is 4.06. The Morgan fingerprint density at radius 3 is 2.00 bits per heavy atom. The lowest BCUT2D eigenvalue weighted by atomic mass is 10.2. The second-order valence-electron chi connectivity index (χ2n) is 2.95. The van der Waals surface area contributed by atoms with E-state index in [9.17, 15) is 0 Å². The highest BCUT2D eigenvalue weighted by Crippen LogP contribution is 2.02. The average molecular weight is 180 g/mol. The van der Waals surface area contributed by atoms with Gasteiger partial charge in [0.1, 0.15) is 0 Å². The number of rotatable bonds is 4. The Hall–Kier alpha value is -0.860. The molecule has 2 heteroatoms. The number of hydrogen-bond acceptors (Lipinski definition) is 2. The Labute approximate surface area is 81.2 Å². The second-order valence-corrected chi connectivity index (χ2v) is 2.95. The quantitative estimate of drug-likeness (QED) is 0.773. The standard InChI is InChI=1S/C11H17N.H3N/c1-3-12(4-2)10-11-8-6-5-7-9-11;/h5-9H,3-4,10H2,1-2H3;1H3. The molecule has 74 valence electrons. The lowest BCUT2D eigenvalue weighted by Gasteiger charge is -2.17. The van der Waals surface area contributed by atoms with Crippen molar-refractivity contribution in [3.63, 3.8) is 0 Å². The first kappa shape index (κ1) is 12.1. The summed E-state index contributed by atoms with van der Waals surface area (Å²) in [6.45, 7) is 7.74. The largest absolute Gasteiger partial charge is 0.344 e. The SMILES string of the molecule is CCN(CC)Cc1ccccc1.N. The van der Waals surface area contributed by atoms with E-state index in [1.165, 1.54) is 5.56 Å². The minimum Gasteiger partial charge on any atom is -0.344 e. The highest BCUT2D eigenvalue weighted by atomic mass is 15.1. The van der Waals surface area contributed by atoms with Crippen molar-refractivity contribution in [1.82, 2.24) is 11.1 Å². The predicted molar refractivity (Wildman–Crippen MR) is 58.1 cm³/mol. The summed E-state index contributed by atoms with van der Waals surface area (Å²) >= 11 is 0. The van der Waals surface area contributed by atoms with Gasteiger partial charge in [-0.15, -0.1) is 0 Å². The molecule has 0 spiro atoms. The van der Waals surface area contributed by atoms with Crippen LogP contribution < -0.4 is 6.15 Å². The molecule has 0 aliphatic heterocycles. The van der Waals surface area contributed by atoms with Crippen LogP contribution in [0.4, 0.5) is 0 Å². The van der Waals surface area contributed by atoms with Crippen molar-refractivity contribution >= 4 is 0 Å². The first-order valence-corrected chi connectivity index (χ1v) is 4.63. The fourth-order valence-electron chi connectivity index (χ4n) is 1.29. The lowest BCUT2D eigenvalue weighted by molar-refractivity contribution is 0.296. The molecule has 2 nitrogen and oxygen atoms in total.